The lowest BCUT2D eigenvalue weighted by atomic mass is 10.0. The Bertz CT molecular complexity index is 642. The molecule has 112 valence electrons. The van der Waals surface area contributed by atoms with Gasteiger partial charge in [-0.1, -0.05) is 17.7 Å². The van der Waals surface area contributed by atoms with Crippen LogP contribution in [-0.2, 0) is 0 Å². The lowest BCUT2D eigenvalue weighted by molar-refractivity contribution is 0.351. The molecular formula is C15H12Cl2F2O2. The van der Waals surface area contributed by atoms with Gasteiger partial charge in [-0.25, -0.2) is 8.78 Å². The third-order valence-corrected chi connectivity index (χ3v) is 3.81. The van der Waals surface area contributed by atoms with Crippen LogP contribution in [0.25, 0.3) is 0 Å². The minimum absolute atomic E-state index is 0.0203. The van der Waals surface area contributed by atoms with Crippen LogP contribution in [0.5, 0.6) is 11.5 Å². The number of methoxy groups -OCH3 is 2. The molecule has 0 saturated carbocycles. The molecule has 0 aliphatic rings. The van der Waals surface area contributed by atoms with Crippen LogP contribution in [-0.4, -0.2) is 14.2 Å². The molecule has 2 aromatic rings. The summed E-state index contributed by atoms with van der Waals surface area (Å²) in [5.41, 5.74) is 0.0771. The Labute approximate surface area is 131 Å². The van der Waals surface area contributed by atoms with E-state index in [1.807, 2.05) is 0 Å². The van der Waals surface area contributed by atoms with E-state index >= 15 is 0 Å². The van der Waals surface area contributed by atoms with Crippen LogP contribution in [0.15, 0.2) is 30.3 Å². The Morgan fingerprint density at radius 3 is 2.19 bits per heavy atom. The molecule has 2 aromatic carbocycles. The van der Waals surface area contributed by atoms with Gasteiger partial charge in [-0.2, -0.15) is 0 Å². The highest BCUT2D eigenvalue weighted by molar-refractivity contribution is 6.33. The topological polar surface area (TPSA) is 18.5 Å². The summed E-state index contributed by atoms with van der Waals surface area (Å²) in [6.07, 6.45) is 0. The van der Waals surface area contributed by atoms with E-state index in [1.54, 1.807) is 0 Å². The van der Waals surface area contributed by atoms with Gasteiger partial charge in [-0.3, -0.25) is 0 Å². The highest BCUT2D eigenvalue weighted by atomic mass is 35.5. The average molecular weight is 333 g/mol. The standard InChI is InChI=1S/C15H12Cl2F2O2/c1-20-12-6-8(11(19)7-13(12)21-2)15(17)14-9(16)4-3-5-10(14)18/h3-7,15H,1-2H3. The molecule has 21 heavy (non-hydrogen) atoms. The van der Waals surface area contributed by atoms with E-state index in [2.05, 4.69) is 0 Å². The molecule has 0 bridgehead atoms. The average Bonchev–Trinajstić information content (AvgIpc) is 2.46. The first-order valence-electron chi connectivity index (χ1n) is 5.99. The number of hydrogen-bond acceptors (Lipinski definition) is 2. The van der Waals surface area contributed by atoms with Crippen molar-refractivity contribution in [1.82, 2.24) is 0 Å². The van der Waals surface area contributed by atoms with Crippen molar-refractivity contribution in [2.75, 3.05) is 14.2 Å². The molecule has 2 rings (SSSR count). The fourth-order valence-corrected chi connectivity index (χ4v) is 2.69. The van der Waals surface area contributed by atoms with Gasteiger partial charge in [0, 0.05) is 22.2 Å². The first-order valence-corrected chi connectivity index (χ1v) is 6.80. The van der Waals surface area contributed by atoms with Gasteiger partial charge in [0.2, 0.25) is 0 Å². The summed E-state index contributed by atoms with van der Waals surface area (Å²) >= 11 is 12.2. The summed E-state index contributed by atoms with van der Waals surface area (Å²) in [7, 11) is 2.81. The van der Waals surface area contributed by atoms with E-state index in [4.69, 9.17) is 32.7 Å². The van der Waals surface area contributed by atoms with Gasteiger partial charge >= 0.3 is 0 Å². The van der Waals surface area contributed by atoms with Crippen LogP contribution in [0.3, 0.4) is 0 Å². The van der Waals surface area contributed by atoms with E-state index < -0.39 is 17.0 Å². The second kappa shape index (κ2) is 6.50. The van der Waals surface area contributed by atoms with Crippen LogP contribution >= 0.6 is 23.2 Å². The van der Waals surface area contributed by atoms with E-state index in [0.717, 1.165) is 6.07 Å². The Hall–Kier alpha value is -1.52. The molecule has 0 aromatic heterocycles. The fraction of sp³-hybridized carbons (Fsp3) is 0.200. The van der Waals surface area contributed by atoms with Crippen LogP contribution in [0.4, 0.5) is 8.78 Å². The summed E-state index contributed by atoms with van der Waals surface area (Å²) in [6, 6.07) is 6.67. The number of ether oxygens (including phenoxy) is 2. The van der Waals surface area contributed by atoms with E-state index in [1.165, 1.54) is 38.5 Å². The molecule has 0 aliphatic carbocycles. The molecule has 0 aliphatic heterocycles. The van der Waals surface area contributed by atoms with Crippen LogP contribution in [0.1, 0.15) is 16.5 Å². The molecule has 0 fully saturated rings. The Morgan fingerprint density at radius 1 is 1.00 bits per heavy atom. The van der Waals surface area contributed by atoms with E-state index in [9.17, 15) is 8.78 Å². The smallest absolute Gasteiger partial charge is 0.163 e. The molecule has 1 unspecified atom stereocenters. The fourth-order valence-electron chi connectivity index (χ4n) is 1.97. The van der Waals surface area contributed by atoms with Gasteiger partial charge in [0.1, 0.15) is 11.6 Å². The summed E-state index contributed by atoms with van der Waals surface area (Å²) in [6.45, 7) is 0. The van der Waals surface area contributed by atoms with Gasteiger partial charge in [0.15, 0.2) is 11.5 Å². The maximum atomic E-state index is 14.2. The molecular weight excluding hydrogens is 321 g/mol. The van der Waals surface area contributed by atoms with E-state index in [-0.39, 0.29) is 21.9 Å². The van der Waals surface area contributed by atoms with Crippen molar-refractivity contribution in [3.8, 4) is 11.5 Å². The molecule has 0 spiro atoms. The van der Waals surface area contributed by atoms with Crippen LogP contribution in [0, 0.1) is 11.6 Å². The molecule has 0 heterocycles. The zero-order valence-corrected chi connectivity index (χ0v) is 12.8. The minimum Gasteiger partial charge on any atom is -0.493 e. The van der Waals surface area contributed by atoms with Crippen molar-refractivity contribution in [3.05, 3.63) is 58.1 Å². The zero-order chi connectivity index (χ0) is 15.6. The summed E-state index contributed by atoms with van der Waals surface area (Å²) < 4.78 is 38.2. The first-order chi connectivity index (χ1) is 9.99. The Morgan fingerprint density at radius 2 is 1.62 bits per heavy atom. The lowest BCUT2D eigenvalue weighted by Crippen LogP contribution is -2.03. The van der Waals surface area contributed by atoms with Crippen molar-refractivity contribution >= 4 is 23.2 Å². The summed E-state index contributed by atoms with van der Waals surface area (Å²) in [4.78, 5) is 0. The number of rotatable bonds is 4. The van der Waals surface area contributed by atoms with Crippen molar-refractivity contribution in [3.63, 3.8) is 0 Å². The van der Waals surface area contributed by atoms with Gasteiger partial charge in [0.25, 0.3) is 0 Å². The lowest BCUT2D eigenvalue weighted by Gasteiger charge is -2.16. The second-order valence-corrected chi connectivity index (χ2v) is 5.07. The summed E-state index contributed by atoms with van der Waals surface area (Å²) in [5.74, 6) is -0.710. The number of hydrogen-bond donors (Lipinski definition) is 0. The Kier molecular flexibility index (Phi) is 4.91. The molecule has 0 amide bonds. The number of alkyl halides is 1. The molecule has 6 heteroatoms. The number of halogens is 4. The maximum Gasteiger partial charge on any atom is 0.163 e. The van der Waals surface area contributed by atoms with Crippen LogP contribution in [0.2, 0.25) is 5.02 Å². The zero-order valence-electron chi connectivity index (χ0n) is 11.3. The SMILES string of the molecule is COc1cc(F)c(C(Cl)c2c(F)cccc2Cl)cc1OC. The highest BCUT2D eigenvalue weighted by Crippen LogP contribution is 2.40. The maximum absolute atomic E-state index is 14.2. The van der Waals surface area contributed by atoms with Crippen molar-refractivity contribution in [2.45, 2.75) is 5.38 Å². The molecule has 2 nitrogen and oxygen atoms in total. The van der Waals surface area contributed by atoms with Gasteiger partial charge in [0.05, 0.1) is 19.6 Å². The van der Waals surface area contributed by atoms with Gasteiger partial charge in [-0.05, 0) is 18.2 Å². The van der Waals surface area contributed by atoms with Gasteiger partial charge < -0.3 is 9.47 Å². The largest absolute Gasteiger partial charge is 0.493 e. The first kappa shape index (κ1) is 15.9. The predicted molar refractivity (Wildman–Crippen MR) is 78.6 cm³/mol. The molecule has 0 N–H and O–H groups in total. The Balaban J connectivity index is 2.56. The number of benzene rings is 2. The monoisotopic (exact) mass is 332 g/mol. The van der Waals surface area contributed by atoms with Crippen molar-refractivity contribution in [1.29, 1.82) is 0 Å². The third-order valence-electron chi connectivity index (χ3n) is 3.03. The molecule has 0 radical (unpaired) electrons. The normalized spacial score (nSPS) is 12.1. The minimum atomic E-state index is -1.08. The quantitative estimate of drug-likeness (QED) is 0.736. The molecule has 0 saturated heterocycles. The van der Waals surface area contributed by atoms with Crippen molar-refractivity contribution in [2.24, 2.45) is 0 Å². The van der Waals surface area contributed by atoms with Crippen LogP contribution < -0.4 is 9.47 Å². The van der Waals surface area contributed by atoms with Gasteiger partial charge in [-0.15, -0.1) is 11.6 Å². The predicted octanol–water partition coefficient (Wildman–Crippen LogP) is 4.96. The van der Waals surface area contributed by atoms with E-state index in [0.29, 0.717) is 5.75 Å². The summed E-state index contributed by atoms with van der Waals surface area (Å²) in [5, 5.41) is -0.956. The van der Waals surface area contributed by atoms with Crippen molar-refractivity contribution < 1.29 is 18.3 Å². The molecule has 1 atom stereocenters. The second-order valence-electron chi connectivity index (χ2n) is 4.23. The highest BCUT2D eigenvalue weighted by Gasteiger charge is 2.23. The third kappa shape index (κ3) is 3.06.